The third-order valence-electron chi connectivity index (χ3n) is 5.42. The Hall–Kier alpha value is -4.26. The lowest BCUT2D eigenvalue weighted by molar-refractivity contribution is -0.117. The summed E-state index contributed by atoms with van der Waals surface area (Å²) >= 11 is 0. The van der Waals surface area contributed by atoms with E-state index >= 15 is 0 Å². The van der Waals surface area contributed by atoms with Gasteiger partial charge in [-0.25, -0.2) is 14.8 Å². The van der Waals surface area contributed by atoms with Gasteiger partial charge in [0.05, 0.1) is 35.5 Å². The van der Waals surface area contributed by atoms with Gasteiger partial charge in [-0.3, -0.25) is 15.1 Å². The zero-order chi connectivity index (χ0) is 24.6. The molecule has 0 aliphatic heterocycles. The Balaban J connectivity index is 1.63. The van der Waals surface area contributed by atoms with Gasteiger partial charge in [-0.1, -0.05) is 0 Å². The van der Waals surface area contributed by atoms with Gasteiger partial charge in [-0.15, -0.1) is 0 Å². The quantitative estimate of drug-likeness (QED) is 0.528. The Bertz CT molecular complexity index is 1340. The van der Waals surface area contributed by atoms with Gasteiger partial charge in [0.25, 0.3) is 0 Å². The van der Waals surface area contributed by atoms with E-state index in [1.54, 1.807) is 39.2 Å². The number of nitrogen functional groups attached to an aromatic ring is 1. The summed E-state index contributed by atoms with van der Waals surface area (Å²) in [5.74, 6) is -0.109. The third kappa shape index (κ3) is 4.88. The fourth-order valence-corrected chi connectivity index (χ4v) is 3.55. The molecule has 1 aliphatic carbocycles. The number of nitrogens with two attached hydrogens (primary N) is 1. The fourth-order valence-electron chi connectivity index (χ4n) is 3.55. The summed E-state index contributed by atoms with van der Waals surface area (Å²) in [6.07, 6.45) is 4.72. The molecular weight excluding hydrogens is 434 g/mol. The van der Waals surface area contributed by atoms with Gasteiger partial charge in [0.2, 0.25) is 5.91 Å². The topological polar surface area (TPSA) is 156 Å². The minimum Gasteiger partial charge on any atom is -0.444 e. The first-order valence-electron chi connectivity index (χ1n) is 10.8. The minimum absolute atomic E-state index is 0.221. The summed E-state index contributed by atoms with van der Waals surface area (Å²) in [6, 6.07) is 5.64. The summed E-state index contributed by atoms with van der Waals surface area (Å²) in [6.45, 7) is 7.20. The van der Waals surface area contributed by atoms with Gasteiger partial charge in [-0.05, 0) is 57.2 Å². The number of carbonyl (C=O) groups excluding carboxylic acids is 2. The monoisotopic (exact) mass is 459 g/mol. The maximum atomic E-state index is 12.3. The Labute approximate surface area is 196 Å². The number of pyridine rings is 3. The molecule has 174 valence electrons. The molecule has 0 aromatic carbocycles. The van der Waals surface area contributed by atoms with Crippen LogP contribution in [0.1, 0.15) is 32.8 Å². The maximum absolute atomic E-state index is 12.3. The highest BCUT2D eigenvalue weighted by molar-refractivity contribution is 5.99. The lowest BCUT2D eigenvalue weighted by atomic mass is 10.0. The third-order valence-corrected chi connectivity index (χ3v) is 5.42. The highest BCUT2D eigenvalue weighted by Crippen LogP contribution is 2.38. The summed E-state index contributed by atoms with van der Waals surface area (Å²) in [5, 5.41) is 15.8. The van der Waals surface area contributed by atoms with Crippen LogP contribution in [-0.4, -0.2) is 32.6 Å². The summed E-state index contributed by atoms with van der Waals surface area (Å²) < 4.78 is 5.33. The molecule has 1 aliphatic rings. The zero-order valence-corrected chi connectivity index (χ0v) is 19.3. The Morgan fingerprint density at radius 1 is 1.21 bits per heavy atom. The highest BCUT2D eigenvalue weighted by Gasteiger charge is 2.43. The fraction of sp³-hybridized carbons (Fsp3) is 0.333. The Morgan fingerprint density at radius 2 is 1.97 bits per heavy atom. The number of nitrogens with zero attached hydrogens (tertiary/aromatic N) is 4. The SMILES string of the molecule is Cc1c(NC(=O)OC(C)(C)C)cncc1-c1cc2cc(NC(=O)C3CC3C#N)ncc2c(N)n1. The van der Waals surface area contributed by atoms with Crippen LogP contribution in [-0.2, 0) is 9.53 Å². The van der Waals surface area contributed by atoms with Gasteiger partial charge in [0, 0.05) is 23.3 Å². The standard InChI is InChI=1S/C24H25N7O3/c1-12-16(9-27-11-19(12)30-23(33)34-24(2,3)4)18-6-13-7-20(28-10-17(13)21(26)29-18)31-22(32)15-5-14(15)8-25/h6-7,9-11,14-15H,5H2,1-4H3,(H2,26,29)(H,30,33)(H,28,31,32). The van der Waals surface area contributed by atoms with Crippen LogP contribution in [0.2, 0.25) is 0 Å². The second-order valence-corrected chi connectivity index (χ2v) is 9.24. The van der Waals surface area contributed by atoms with Crippen molar-refractivity contribution in [3.63, 3.8) is 0 Å². The number of rotatable bonds is 4. The number of nitriles is 1. The molecule has 0 bridgehead atoms. The number of hydrogen-bond acceptors (Lipinski definition) is 8. The molecule has 10 heteroatoms. The maximum Gasteiger partial charge on any atom is 0.412 e. The molecule has 2 amide bonds. The van der Waals surface area contributed by atoms with Crippen LogP contribution in [0.3, 0.4) is 0 Å². The van der Waals surface area contributed by atoms with Crippen LogP contribution in [0.25, 0.3) is 22.0 Å². The zero-order valence-electron chi connectivity index (χ0n) is 19.3. The molecule has 1 fully saturated rings. The Kier molecular flexibility index (Phi) is 5.79. The van der Waals surface area contributed by atoms with Crippen LogP contribution in [0.4, 0.5) is 22.1 Å². The van der Waals surface area contributed by atoms with Crippen LogP contribution in [0.15, 0.2) is 30.7 Å². The van der Waals surface area contributed by atoms with E-state index in [4.69, 9.17) is 15.7 Å². The van der Waals surface area contributed by atoms with Crippen molar-refractivity contribution in [2.24, 2.45) is 11.8 Å². The van der Waals surface area contributed by atoms with E-state index in [1.165, 1.54) is 6.20 Å². The number of nitrogens with one attached hydrogen (secondary N) is 2. The van der Waals surface area contributed by atoms with Crippen molar-refractivity contribution < 1.29 is 14.3 Å². The van der Waals surface area contributed by atoms with Crippen LogP contribution >= 0.6 is 0 Å². The molecule has 3 heterocycles. The largest absolute Gasteiger partial charge is 0.444 e. The van der Waals surface area contributed by atoms with E-state index in [-0.39, 0.29) is 23.6 Å². The van der Waals surface area contributed by atoms with Crippen molar-refractivity contribution in [2.75, 3.05) is 16.4 Å². The number of fused-ring (bicyclic) bond motifs is 1. The van der Waals surface area contributed by atoms with Crippen LogP contribution in [0.5, 0.6) is 0 Å². The molecule has 34 heavy (non-hydrogen) atoms. The first-order chi connectivity index (χ1) is 16.1. The molecule has 3 aromatic rings. The molecule has 1 saturated carbocycles. The van der Waals surface area contributed by atoms with Crippen molar-refractivity contribution in [3.8, 4) is 17.3 Å². The van der Waals surface area contributed by atoms with Gasteiger partial charge >= 0.3 is 6.09 Å². The van der Waals surface area contributed by atoms with E-state index < -0.39 is 11.7 Å². The van der Waals surface area contributed by atoms with Gasteiger partial charge in [0.15, 0.2) is 0 Å². The number of carbonyl (C=O) groups is 2. The van der Waals surface area contributed by atoms with Crippen molar-refractivity contribution in [3.05, 3.63) is 36.3 Å². The number of ether oxygens (including phenoxy) is 1. The normalized spacial score (nSPS) is 17.0. The second-order valence-electron chi connectivity index (χ2n) is 9.24. The van der Waals surface area contributed by atoms with Gasteiger partial charge < -0.3 is 15.8 Å². The summed E-state index contributed by atoms with van der Waals surface area (Å²) in [5.41, 5.74) is 8.03. The molecule has 3 aromatic heterocycles. The molecule has 4 rings (SSSR count). The van der Waals surface area contributed by atoms with Crippen LogP contribution in [0, 0.1) is 30.1 Å². The first kappa shape index (κ1) is 22.9. The molecule has 10 nitrogen and oxygen atoms in total. The first-order valence-corrected chi connectivity index (χ1v) is 10.8. The average molecular weight is 460 g/mol. The van der Waals surface area contributed by atoms with Crippen molar-refractivity contribution >= 4 is 40.1 Å². The smallest absolute Gasteiger partial charge is 0.412 e. The van der Waals surface area contributed by atoms with Gasteiger partial charge in [-0.2, -0.15) is 5.26 Å². The van der Waals surface area contributed by atoms with Crippen molar-refractivity contribution in [1.29, 1.82) is 5.26 Å². The molecule has 0 saturated heterocycles. The number of amides is 2. The predicted molar refractivity (Wildman–Crippen MR) is 128 cm³/mol. The second kappa shape index (κ2) is 8.59. The summed E-state index contributed by atoms with van der Waals surface area (Å²) in [7, 11) is 0. The van der Waals surface area contributed by atoms with Crippen molar-refractivity contribution in [1.82, 2.24) is 15.0 Å². The predicted octanol–water partition coefficient (Wildman–Crippen LogP) is 4.03. The Morgan fingerprint density at radius 3 is 2.65 bits per heavy atom. The summed E-state index contributed by atoms with van der Waals surface area (Å²) in [4.78, 5) is 37.5. The number of aromatic nitrogens is 3. The molecule has 4 N–H and O–H groups in total. The highest BCUT2D eigenvalue weighted by atomic mass is 16.6. The van der Waals surface area contributed by atoms with E-state index in [0.717, 1.165) is 10.9 Å². The van der Waals surface area contributed by atoms with Gasteiger partial charge in [0.1, 0.15) is 17.2 Å². The van der Waals surface area contributed by atoms with E-state index in [1.807, 2.05) is 13.0 Å². The molecule has 0 radical (unpaired) electrons. The van der Waals surface area contributed by atoms with E-state index in [0.29, 0.717) is 34.6 Å². The van der Waals surface area contributed by atoms with E-state index in [9.17, 15) is 9.59 Å². The molecular formula is C24H25N7O3. The van der Waals surface area contributed by atoms with Crippen LogP contribution < -0.4 is 16.4 Å². The van der Waals surface area contributed by atoms with Crippen molar-refractivity contribution in [2.45, 2.75) is 39.7 Å². The number of hydrogen-bond donors (Lipinski definition) is 3. The lowest BCUT2D eigenvalue weighted by Crippen LogP contribution is -2.27. The number of anilines is 3. The minimum atomic E-state index is -0.631. The molecule has 2 atom stereocenters. The molecule has 2 unspecified atom stereocenters. The lowest BCUT2D eigenvalue weighted by Gasteiger charge is -2.20. The average Bonchev–Trinajstić information content (AvgIpc) is 3.54. The van der Waals surface area contributed by atoms with E-state index in [2.05, 4.69) is 31.7 Å². The molecule has 0 spiro atoms.